The molecule has 0 saturated heterocycles. The number of carbonyl (C=O) groups is 2. The average molecular weight is 479 g/mol. The lowest BCUT2D eigenvalue weighted by atomic mass is 9.88. The summed E-state index contributed by atoms with van der Waals surface area (Å²) in [6.45, 7) is 0.239. The summed E-state index contributed by atoms with van der Waals surface area (Å²) in [5, 5.41) is 11.9. The van der Waals surface area contributed by atoms with E-state index in [0.29, 0.717) is 28.1 Å². The monoisotopic (exact) mass is 478 g/mol. The summed E-state index contributed by atoms with van der Waals surface area (Å²) in [6.07, 6.45) is 7.16. The van der Waals surface area contributed by atoms with E-state index in [4.69, 9.17) is 16.0 Å². The van der Waals surface area contributed by atoms with Gasteiger partial charge in [0.2, 0.25) is 17.7 Å². The van der Waals surface area contributed by atoms with Crippen LogP contribution in [0.2, 0.25) is 5.02 Å². The highest BCUT2D eigenvalue weighted by molar-refractivity contribution is 6.30. The Hall–Kier alpha value is -3.19. The molecular weight excluding hydrogens is 452 g/mol. The first-order valence-electron chi connectivity index (χ1n) is 11.9. The first kappa shape index (κ1) is 22.6. The maximum Gasteiger partial charge on any atom is 0.254 e. The standard InChI is InChI=1S/C26H27ClN4O3/c27-20-11-9-18(10-12-20)25-30-29-23(34-25)16-31(22-13-14-22)26(33)19-7-4-8-21(15-19)28-24(32)17-5-2-1-3-6-17/h4,7-12,15,17,22H,1-3,5-6,13-14,16H2,(H,28,32). The third-order valence-corrected chi connectivity index (χ3v) is 6.72. The molecule has 2 aromatic carbocycles. The molecule has 1 heterocycles. The highest BCUT2D eigenvalue weighted by atomic mass is 35.5. The molecule has 0 bridgehead atoms. The summed E-state index contributed by atoms with van der Waals surface area (Å²) in [5.74, 6) is 0.768. The van der Waals surface area contributed by atoms with E-state index in [1.165, 1.54) is 6.42 Å². The minimum Gasteiger partial charge on any atom is -0.419 e. The van der Waals surface area contributed by atoms with Crippen LogP contribution in [0.15, 0.2) is 52.9 Å². The average Bonchev–Trinajstić information content (AvgIpc) is 3.60. The van der Waals surface area contributed by atoms with Crippen LogP contribution in [0.5, 0.6) is 0 Å². The van der Waals surface area contributed by atoms with Crippen molar-refractivity contribution in [1.82, 2.24) is 15.1 Å². The van der Waals surface area contributed by atoms with E-state index in [0.717, 1.165) is 44.1 Å². The molecule has 7 nitrogen and oxygen atoms in total. The van der Waals surface area contributed by atoms with Crippen LogP contribution < -0.4 is 5.32 Å². The Labute approximate surface area is 203 Å². The highest BCUT2D eigenvalue weighted by Crippen LogP contribution is 2.31. The smallest absolute Gasteiger partial charge is 0.254 e. The van der Waals surface area contributed by atoms with Gasteiger partial charge in [-0.05, 0) is 68.1 Å². The van der Waals surface area contributed by atoms with Crippen molar-refractivity contribution in [3.63, 3.8) is 0 Å². The fraction of sp³-hybridized carbons (Fsp3) is 0.385. The zero-order chi connectivity index (χ0) is 23.5. The summed E-state index contributed by atoms with van der Waals surface area (Å²) in [5.41, 5.74) is 1.96. The minimum absolute atomic E-state index is 0.0453. The molecule has 8 heteroatoms. The van der Waals surface area contributed by atoms with E-state index in [1.807, 2.05) is 18.2 Å². The minimum atomic E-state index is -0.109. The van der Waals surface area contributed by atoms with E-state index in [2.05, 4.69) is 15.5 Å². The van der Waals surface area contributed by atoms with Crippen molar-refractivity contribution < 1.29 is 14.0 Å². The molecule has 2 saturated carbocycles. The Bertz CT molecular complexity index is 1170. The van der Waals surface area contributed by atoms with Gasteiger partial charge in [-0.1, -0.05) is 36.9 Å². The maximum atomic E-state index is 13.4. The molecule has 3 aromatic rings. The molecule has 176 valence electrons. The Kier molecular flexibility index (Phi) is 6.63. The van der Waals surface area contributed by atoms with Crippen molar-refractivity contribution in [3.05, 3.63) is 65.0 Å². The summed E-state index contributed by atoms with van der Waals surface area (Å²) in [7, 11) is 0. The quantitative estimate of drug-likeness (QED) is 0.469. The van der Waals surface area contributed by atoms with Crippen LogP contribution in [0.3, 0.4) is 0 Å². The van der Waals surface area contributed by atoms with Crippen LogP contribution in [0.1, 0.15) is 61.2 Å². The van der Waals surface area contributed by atoms with Crippen molar-refractivity contribution in [2.75, 3.05) is 5.32 Å². The number of halogens is 1. The van der Waals surface area contributed by atoms with Gasteiger partial charge in [-0.3, -0.25) is 9.59 Å². The second-order valence-corrected chi connectivity index (χ2v) is 9.51. The van der Waals surface area contributed by atoms with Gasteiger partial charge in [0.05, 0.1) is 6.54 Å². The van der Waals surface area contributed by atoms with Crippen molar-refractivity contribution >= 4 is 29.1 Å². The van der Waals surface area contributed by atoms with Crippen molar-refractivity contribution in [1.29, 1.82) is 0 Å². The molecule has 1 aromatic heterocycles. The number of benzene rings is 2. The number of hydrogen-bond acceptors (Lipinski definition) is 5. The number of carbonyl (C=O) groups excluding carboxylic acids is 2. The molecule has 0 atom stereocenters. The molecule has 0 aliphatic heterocycles. The van der Waals surface area contributed by atoms with Gasteiger partial charge in [-0.25, -0.2) is 0 Å². The van der Waals surface area contributed by atoms with E-state index in [9.17, 15) is 9.59 Å². The molecule has 2 aliphatic carbocycles. The third-order valence-electron chi connectivity index (χ3n) is 6.47. The maximum absolute atomic E-state index is 13.4. The molecule has 2 fully saturated rings. The van der Waals surface area contributed by atoms with E-state index >= 15 is 0 Å². The predicted octanol–water partition coefficient (Wildman–Crippen LogP) is 5.71. The van der Waals surface area contributed by atoms with E-state index < -0.39 is 0 Å². The number of nitrogens with one attached hydrogen (secondary N) is 1. The Morgan fingerprint density at radius 1 is 1.00 bits per heavy atom. The Morgan fingerprint density at radius 2 is 1.76 bits per heavy atom. The van der Waals surface area contributed by atoms with Gasteiger partial charge >= 0.3 is 0 Å². The summed E-state index contributed by atoms with van der Waals surface area (Å²) in [6, 6.07) is 14.5. The van der Waals surface area contributed by atoms with E-state index in [1.54, 1.807) is 35.2 Å². The van der Waals surface area contributed by atoms with Crippen molar-refractivity contribution in [3.8, 4) is 11.5 Å². The molecule has 0 spiro atoms. The van der Waals surface area contributed by atoms with Crippen LogP contribution >= 0.6 is 11.6 Å². The number of anilines is 1. The van der Waals surface area contributed by atoms with Crippen LogP contribution in [0.4, 0.5) is 5.69 Å². The summed E-state index contributed by atoms with van der Waals surface area (Å²) < 4.78 is 5.83. The lowest BCUT2D eigenvalue weighted by Gasteiger charge is -2.22. The van der Waals surface area contributed by atoms with Crippen LogP contribution in [0, 0.1) is 5.92 Å². The van der Waals surface area contributed by atoms with Gasteiger partial charge in [-0.15, -0.1) is 10.2 Å². The molecule has 0 unspecified atom stereocenters. The SMILES string of the molecule is O=C(Nc1cccc(C(=O)N(Cc2nnc(-c3ccc(Cl)cc3)o2)C2CC2)c1)C1CCCCC1. The van der Waals surface area contributed by atoms with Gasteiger partial charge in [0, 0.05) is 33.8 Å². The van der Waals surface area contributed by atoms with E-state index in [-0.39, 0.29) is 30.3 Å². The number of hydrogen-bond donors (Lipinski definition) is 1. The normalized spacial score (nSPS) is 16.3. The molecular formula is C26H27ClN4O3. The molecule has 0 radical (unpaired) electrons. The number of aromatic nitrogens is 2. The lowest BCUT2D eigenvalue weighted by molar-refractivity contribution is -0.120. The number of nitrogens with zero attached hydrogens (tertiary/aromatic N) is 3. The van der Waals surface area contributed by atoms with Crippen LogP contribution in [-0.2, 0) is 11.3 Å². The van der Waals surface area contributed by atoms with Gasteiger partial charge in [-0.2, -0.15) is 0 Å². The zero-order valence-electron chi connectivity index (χ0n) is 18.9. The molecule has 2 aliphatic rings. The second-order valence-electron chi connectivity index (χ2n) is 9.08. The summed E-state index contributed by atoms with van der Waals surface area (Å²) in [4.78, 5) is 27.8. The van der Waals surface area contributed by atoms with Crippen LogP contribution in [0.25, 0.3) is 11.5 Å². The van der Waals surface area contributed by atoms with Crippen LogP contribution in [-0.4, -0.2) is 33.0 Å². The topological polar surface area (TPSA) is 88.3 Å². The number of rotatable bonds is 7. The van der Waals surface area contributed by atoms with Crippen molar-refractivity contribution in [2.45, 2.75) is 57.5 Å². The molecule has 2 amide bonds. The van der Waals surface area contributed by atoms with Gasteiger partial charge in [0.1, 0.15) is 0 Å². The molecule has 1 N–H and O–H groups in total. The fourth-order valence-corrected chi connectivity index (χ4v) is 4.56. The first-order valence-corrected chi connectivity index (χ1v) is 12.2. The van der Waals surface area contributed by atoms with Gasteiger partial charge < -0.3 is 14.6 Å². The highest BCUT2D eigenvalue weighted by Gasteiger charge is 2.34. The number of amides is 2. The summed E-state index contributed by atoms with van der Waals surface area (Å²) >= 11 is 5.95. The fourth-order valence-electron chi connectivity index (χ4n) is 4.43. The largest absolute Gasteiger partial charge is 0.419 e. The molecule has 5 rings (SSSR count). The Morgan fingerprint density at radius 3 is 2.50 bits per heavy atom. The lowest BCUT2D eigenvalue weighted by Crippen LogP contribution is -2.33. The second kappa shape index (κ2) is 9.97. The third kappa shape index (κ3) is 5.30. The zero-order valence-corrected chi connectivity index (χ0v) is 19.6. The first-order chi connectivity index (χ1) is 16.6. The van der Waals surface area contributed by atoms with Gasteiger partial charge in [0.25, 0.3) is 5.91 Å². The molecule has 34 heavy (non-hydrogen) atoms. The van der Waals surface area contributed by atoms with Crippen molar-refractivity contribution in [2.24, 2.45) is 5.92 Å². The predicted molar refractivity (Wildman–Crippen MR) is 129 cm³/mol. The Balaban J connectivity index is 1.28. The van der Waals surface area contributed by atoms with Gasteiger partial charge in [0.15, 0.2) is 0 Å².